The predicted molar refractivity (Wildman–Crippen MR) is 121 cm³/mol. The van der Waals surface area contributed by atoms with Crippen molar-refractivity contribution in [3.63, 3.8) is 0 Å². The van der Waals surface area contributed by atoms with E-state index in [-0.39, 0.29) is 24.1 Å². The molecule has 1 aromatic heterocycles. The molecule has 0 bridgehead atoms. The molecule has 174 valence electrons. The monoisotopic (exact) mass is 462 g/mol. The highest BCUT2D eigenvalue weighted by molar-refractivity contribution is 7.99. The van der Waals surface area contributed by atoms with Gasteiger partial charge in [0.25, 0.3) is 0 Å². The molecule has 1 N–H and O–H groups in total. The number of amides is 2. The molecule has 11 heteroatoms. The van der Waals surface area contributed by atoms with Gasteiger partial charge in [0.2, 0.25) is 17.0 Å². The molecule has 1 fully saturated rings. The molecule has 0 radical (unpaired) electrons. The van der Waals surface area contributed by atoms with Crippen molar-refractivity contribution in [2.75, 3.05) is 37.9 Å². The van der Waals surface area contributed by atoms with Crippen LogP contribution in [0.2, 0.25) is 0 Å². The molecule has 3 rings (SSSR count). The van der Waals surface area contributed by atoms with Crippen molar-refractivity contribution >= 4 is 29.3 Å². The Morgan fingerprint density at radius 3 is 2.62 bits per heavy atom. The fourth-order valence-corrected chi connectivity index (χ4v) is 4.41. The van der Waals surface area contributed by atoms with Gasteiger partial charge < -0.3 is 19.7 Å². The number of carbonyl (C=O) groups excluding carboxylic acids is 2. The largest absolute Gasteiger partial charge is 0.490 e. The smallest absolute Gasteiger partial charge is 0.243 e. The number of aromatic nitrogens is 4. The number of anilines is 1. The van der Waals surface area contributed by atoms with E-state index in [4.69, 9.17) is 9.47 Å². The Balaban J connectivity index is 1.50. The summed E-state index contributed by atoms with van der Waals surface area (Å²) in [5.74, 6) is 0.875. The number of nitrogens with one attached hydrogen (secondary N) is 1. The Labute approximate surface area is 192 Å². The quantitative estimate of drug-likeness (QED) is 0.508. The van der Waals surface area contributed by atoms with Gasteiger partial charge in [0.05, 0.1) is 31.6 Å². The van der Waals surface area contributed by atoms with Gasteiger partial charge >= 0.3 is 0 Å². The summed E-state index contributed by atoms with van der Waals surface area (Å²) in [4.78, 5) is 26.4. The summed E-state index contributed by atoms with van der Waals surface area (Å²) in [5.41, 5.74) is 0.577. The van der Waals surface area contributed by atoms with Crippen molar-refractivity contribution in [3.8, 4) is 11.5 Å². The SMILES string of the molecule is CCOc1ccc(NC(=O)CN(C)C(=O)CSc2nnnn2C2CCCC2)cc1OCC. The van der Waals surface area contributed by atoms with Gasteiger partial charge in [0.1, 0.15) is 0 Å². The zero-order valence-corrected chi connectivity index (χ0v) is 19.6. The Bertz CT molecular complexity index is 915. The molecular weight excluding hydrogens is 432 g/mol. The number of thioether (sulfide) groups is 1. The lowest BCUT2D eigenvalue weighted by Gasteiger charge is -2.17. The van der Waals surface area contributed by atoms with Crippen molar-refractivity contribution in [1.82, 2.24) is 25.1 Å². The maximum absolute atomic E-state index is 12.5. The van der Waals surface area contributed by atoms with Crippen LogP contribution in [-0.4, -0.2) is 69.5 Å². The molecule has 0 spiro atoms. The molecular formula is C21H30N6O4S. The molecule has 1 aliphatic carbocycles. The van der Waals surface area contributed by atoms with Gasteiger partial charge in [-0.25, -0.2) is 4.68 Å². The number of ether oxygens (including phenoxy) is 2. The summed E-state index contributed by atoms with van der Waals surface area (Å²) >= 11 is 1.30. The highest BCUT2D eigenvalue weighted by Crippen LogP contribution is 2.32. The van der Waals surface area contributed by atoms with Crippen LogP contribution in [0.25, 0.3) is 0 Å². The van der Waals surface area contributed by atoms with Crippen LogP contribution in [0.5, 0.6) is 11.5 Å². The molecule has 32 heavy (non-hydrogen) atoms. The van der Waals surface area contributed by atoms with Gasteiger partial charge in [0.15, 0.2) is 11.5 Å². The molecule has 2 amide bonds. The molecule has 1 saturated carbocycles. The standard InChI is InChI=1S/C21H30N6O4S/c1-4-30-17-11-10-15(12-18(17)31-5-2)22-19(28)13-26(3)20(29)14-32-21-23-24-25-27(21)16-8-6-7-9-16/h10-12,16H,4-9,13-14H2,1-3H3,(H,22,28). The molecule has 0 unspecified atom stereocenters. The number of hydrogen-bond acceptors (Lipinski definition) is 8. The first-order valence-corrected chi connectivity index (χ1v) is 11.8. The third-order valence-electron chi connectivity index (χ3n) is 5.09. The van der Waals surface area contributed by atoms with Crippen LogP contribution in [-0.2, 0) is 9.59 Å². The second-order valence-electron chi connectivity index (χ2n) is 7.46. The van der Waals surface area contributed by atoms with Crippen molar-refractivity contribution in [1.29, 1.82) is 0 Å². The van der Waals surface area contributed by atoms with Crippen molar-refractivity contribution < 1.29 is 19.1 Å². The summed E-state index contributed by atoms with van der Waals surface area (Å²) in [6.07, 6.45) is 4.46. The lowest BCUT2D eigenvalue weighted by atomic mass is 10.2. The predicted octanol–water partition coefficient (Wildman–Crippen LogP) is 2.77. The van der Waals surface area contributed by atoms with Gasteiger partial charge in [0, 0.05) is 18.8 Å². The Morgan fingerprint density at radius 2 is 1.91 bits per heavy atom. The third kappa shape index (κ3) is 6.35. The van der Waals surface area contributed by atoms with Gasteiger partial charge in [-0.3, -0.25) is 9.59 Å². The topological polar surface area (TPSA) is 111 Å². The van der Waals surface area contributed by atoms with Crippen LogP contribution in [0.4, 0.5) is 5.69 Å². The number of carbonyl (C=O) groups is 2. The molecule has 0 saturated heterocycles. The zero-order valence-electron chi connectivity index (χ0n) is 18.7. The Morgan fingerprint density at radius 1 is 1.19 bits per heavy atom. The van der Waals surface area contributed by atoms with Gasteiger partial charge in [-0.05, 0) is 49.2 Å². The first-order chi connectivity index (χ1) is 15.5. The maximum atomic E-state index is 12.5. The van der Waals surface area contributed by atoms with Crippen molar-refractivity contribution in [2.45, 2.75) is 50.7 Å². The Kier molecular flexibility index (Phi) is 8.72. The molecule has 0 aliphatic heterocycles. The van der Waals surface area contributed by atoms with Crippen LogP contribution in [0.15, 0.2) is 23.4 Å². The summed E-state index contributed by atoms with van der Waals surface area (Å²) < 4.78 is 12.9. The van der Waals surface area contributed by atoms with Gasteiger partial charge in [-0.2, -0.15) is 0 Å². The first-order valence-electron chi connectivity index (χ1n) is 10.9. The van der Waals surface area contributed by atoms with Crippen LogP contribution in [0.3, 0.4) is 0 Å². The number of nitrogens with zero attached hydrogens (tertiary/aromatic N) is 5. The first kappa shape index (κ1) is 23.8. The minimum Gasteiger partial charge on any atom is -0.490 e. The van der Waals surface area contributed by atoms with E-state index in [1.165, 1.54) is 29.5 Å². The van der Waals surface area contributed by atoms with E-state index in [1.807, 2.05) is 18.5 Å². The number of rotatable bonds is 11. The minimum absolute atomic E-state index is 0.0653. The van der Waals surface area contributed by atoms with Crippen LogP contribution >= 0.6 is 11.8 Å². The third-order valence-corrected chi connectivity index (χ3v) is 6.01. The number of benzene rings is 1. The van der Waals surface area contributed by atoms with Crippen molar-refractivity contribution in [2.24, 2.45) is 0 Å². The van der Waals surface area contributed by atoms with E-state index < -0.39 is 0 Å². The van der Waals surface area contributed by atoms with E-state index in [1.54, 1.807) is 25.2 Å². The molecule has 1 aromatic carbocycles. The average molecular weight is 463 g/mol. The molecule has 10 nitrogen and oxygen atoms in total. The summed E-state index contributed by atoms with van der Waals surface area (Å²) in [7, 11) is 1.60. The highest BCUT2D eigenvalue weighted by Gasteiger charge is 2.23. The fourth-order valence-electron chi connectivity index (χ4n) is 3.53. The van der Waals surface area contributed by atoms with E-state index in [2.05, 4.69) is 20.8 Å². The average Bonchev–Trinajstić information content (AvgIpc) is 3.45. The van der Waals surface area contributed by atoms with Crippen LogP contribution in [0, 0.1) is 0 Å². The fraction of sp³-hybridized carbons (Fsp3) is 0.571. The van der Waals surface area contributed by atoms with Gasteiger partial charge in [-0.15, -0.1) is 5.10 Å². The normalized spacial score (nSPS) is 13.7. The minimum atomic E-state index is -0.298. The summed E-state index contributed by atoms with van der Waals surface area (Å²) in [6, 6.07) is 5.52. The van der Waals surface area contributed by atoms with Crippen LogP contribution in [0.1, 0.15) is 45.6 Å². The second-order valence-corrected chi connectivity index (χ2v) is 8.40. The molecule has 2 aromatic rings. The number of hydrogen-bond donors (Lipinski definition) is 1. The van der Waals surface area contributed by atoms with E-state index in [0.717, 1.165) is 12.8 Å². The molecule has 0 atom stereocenters. The van der Waals surface area contributed by atoms with E-state index >= 15 is 0 Å². The summed E-state index contributed by atoms with van der Waals surface area (Å²) in [6.45, 7) is 4.71. The Hall–Kier alpha value is -2.82. The lowest BCUT2D eigenvalue weighted by Crippen LogP contribution is -2.36. The lowest BCUT2D eigenvalue weighted by molar-refractivity contribution is -0.131. The summed E-state index contributed by atoms with van der Waals surface area (Å²) in [5, 5.41) is 15.3. The van der Waals surface area contributed by atoms with Crippen LogP contribution < -0.4 is 14.8 Å². The molecule has 1 heterocycles. The number of likely N-dealkylation sites (N-methyl/N-ethyl adjacent to an activating group) is 1. The van der Waals surface area contributed by atoms with Crippen molar-refractivity contribution in [3.05, 3.63) is 18.2 Å². The van der Waals surface area contributed by atoms with Gasteiger partial charge in [-0.1, -0.05) is 24.6 Å². The molecule has 1 aliphatic rings. The maximum Gasteiger partial charge on any atom is 0.243 e. The zero-order chi connectivity index (χ0) is 22.9. The van der Waals surface area contributed by atoms with E-state index in [0.29, 0.717) is 41.6 Å². The van der Waals surface area contributed by atoms with E-state index in [9.17, 15) is 9.59 Å². The second kappa shape index (κ2) is 11.7. The highest BCUT2D eigenvalue weighted by atomic mass is 32.2. The number of tetrazole rings is 1.